The van der Waals surface area contributed by atoms with Crippen molar-refractivity contribution >= 4 is 21.6 Å². The molecule has 9 heavy (non-hydrogen) atoms. The van der Waals surface area contributed by atoms with Gasteiger partial charge in [-0.15, -0.1) is 0 Å². The van der Waals surface area contributed by atoms with Crippen molar-refractivity contribution in [3.05, 3.63) is 22.9 Å². The van der Waals surface area contributed by atoms with Crippen molar-refractivity contribution in [3.8, 4) is 0 Å². The number of halogens is 1. The molecule has 1 rings (SSSR count). The maximum absolute atomic E-state index is 7.49. The molecule has 0 fully saturated rings. The van der Waals surface area contributed by atoms with Crippen LogP contribution in [-0.2, 0) is 0 Å². The molecular weight excluding hydrogens is 180 g/mol. The van der Waals surface area contributed by atoms with Gasteiger partial charge in [0.1, 0.15) is 4.60 Å². The van der Waals surface area contributed by atoms with Crippen molar-refractivity contribution in [2.24, 2.45) is 0 Å². The van der Waals surface area contributed by atoms with Crippen LogP contribution in [0.3, 0.4) is 0 Å². The predicted molar refractivity (Wildman–Crippen MR) is 41.5 cm³/mol. The highest BCUT2D eigenvalue weighted by atomic mass is 79.9. The maximum Gasteiger partial charge on any atom is 0.108 e. The van der Waals surface area contributed by atoms with Crippen LogP contribution in [0.5, 0.6) is 0 Å². The molecule has 0 spiro atoms. The molecule has 0 aliphatic heterocycles. The van der Waals surface area contributed by atoms with Crippen LogP contribution in [0.1, 0.15) is 8.22 Å². The van der Waals surface area contributed by atoms with E-state index in [1.165, 1.54) is 0 Å². The first-order valence-corrected chi connectivity index (χ1v) is 2.93. The fraction of sp³-hybridized carbons (Fsp3) is 0.167. The summed E-state index contributed by atoms with van der Waals surface area (Å²) in [5.74, 6) is 0. The van der Waals surface area contributed by atoms with Crippen molar-refractivity contribution in [1.29, 1.82) is 0 Å². The van der Waals surface area contributed by atoms with Gasteiger partial charge in [0, 0.05) is 22.9 Å². The van der Waals surface area contributed by atoms with Gasteiger partial charge in [-0.2, -0.15) is 0 Å². The lowest BCUT2D eigenvalue weighted by Crippen LogP contribution is -1.87. The molecule has 0 bridgehead atoms. The van der Waals surface area contributed by atoms with Crippen LogP contribution in [0.4, 0.5) is 5.69 Å². The van der Waals surface area contributed by atoms with E-state index >= 15 is 0 Å². The molecular formula is C6H7BrN2. The van der Waals surface area contributed by atoms with Crippen LogP contribution in [0.15, 0.2) is 22.9 Å². The third kappa shape index (κ3) is 1.68. The van der Waals surface area contributed by atoms with Gasteiger partial charge >= 0.3 is 0 Å². The molecule has 1 N–H and O–H groups in total. The monoisotopic (exact) mass is 192 g/mol. The Morgan fingerprint density at radius 2 is 2.89 bits per heavy atom. The zero-order valence-electron chi connectivity index (χ0n) is 10.3. The highest BCUT2D eigenvalue weighted by Crippen LogP contribution is 2.10. The molecule has 0 aliphatic carbocycles. The molecule has 1 heterocycles. The number of anilines is 1. The Kier molecular flexibility index (Phi) is 0.701. The zero-order valence-corrected chi connectivity index (χ0v) is 5.91. The smallest absolute Gasteiger partial charge is 0.108 e. The Morgan fingerprint density at radius 3 is 3.67 bits per heavy atom. The predicted octanol–water partition coefficient (Wildman–Crippen LogP) is 1.89. The Morgan fingerprint density at radius 1 is 2.00 bits per heavy atom. The number of pyridine rings is 1. The summed E-state index contributed by atoms with van der Waals surface area (Å²) in [5, 5.41) is 2.03. The first kappa shape index (κ1) is 2.23. The Labute approximate surface area is 70.9 Å². The van der Waals surface area contributed by atoms with E-state index in [-0.39, 0.29) is 22.5 Å². The van der Waals surface area contributed by atoms with E-state index in [2.05, 4.69) is 20.9 Å². The summed E-state index contributed by atoms with van der Waals surface area (Å²) in [7, 11) is 0. The summed E-state index contributed by atoms with van der Waals surface area (Å²) in [6.07, 6.45) is -0.385. The molecule has 3 heteroatoms. The molecule has 0 saturated heterocycles. The van der Waals surface area contributed by atoms with Crippen molar-refractivity contribution in [2.45, 2.75) is 0 Å². The number of aromatic nitrogens is 1. The molecule has 0 aliphatic rings. The van der Waals surface area contributed by atoms with E-state index < -0.39 is 13.0 Å². The van der Waals surface area contributed by atoms with Crippen LogP contribution < -0.4 is 5.32 Å². The lowest BCUT2D eigenvalue weighted by Gasteiger charge is -1.96. The molecule has 2 nitrogen and oxygen atoms in total. The summed E-state index contributed by atoms with van der Waals surface area (Å²) < 4.78 is 43.1. The Bertz CT molecular complexity index is 364. The summed E-state index contributed by atoms with van der Waals surface area (Å²) in [6.45, 7) is -2.50. The summed E-state index contributed by atoms with van der Waals surface area (Å²) >= 11 is 2.91. The van der Waals surface area contributed by atoms with Gasteiger partial charge in [0.2, 0.25) is 0 Å². The van der Waals surface area contributed by atoms with Crippen LogP contribution in [0, 0.1) is 0 Å². The van der Waals surface area contributed by atoms with E-state index in [0.717, 1.165) is 0 Å². The fourth-order valence-corrected chi connectivity index (χ4v) is 0.645. The molecule has 0 atom stereocenters. The Balaban J connectivity index is 3.27. The molecule has 0 aromatic carbocycles. The zero-order chi connectivity index (χ0) is 11.8. The summed E-state index contributed by atoms with van der Waals surface area (Å²) in [4.78, 5) is 3.55. The minimum absolute atomic E-state index is 0.0373. The number of rotatable bonds is 1. The van der Waals surface area contributed by atoms with Crippen LogP contribution in [0.25, 0.3) is 0 Å². The van der Waals surface area contributed by atoms with E-state index in [1.54, 1.807) is 0 Å². The lowest BCUT2D eigenvalue weighted by molar-refractivity contribution is 1.27. The molecule has 48 valence electrons. The average molecular weight is 193 g/mol. The molecule has 0 radical (unpaired) electrons. The fourth-order valence-electron chi connectivity index (χ4n) is 0.358. The first-order chi connectivity index (χ1) is 6.72. The normalized spacial score (nSPS) is 20.1. The maximum atomic E-state index is 7.49. The van der Waals surface area contributed by atoms with Gasteiger partial charge in [0.05, 0.1) is 4.11 Å². The molecule has 0 saturated carbocycles. The second-order valence-corrected chi connectivity index (χ2v) is 2.02. The van der Waals surface area contributed by atoms with Gasteiger partial charge in [-0.05, 0) is 28.0 Å². The van der Waals surface area contributed by atoms with Gasteiger partial charge in [0.25, 0.3) is 0 Å². The topological polar surface area (TPSA) is 24.9 Å². The number of nitrogens with one attached hydrogen (secondary N) is 1. The van der Waals surface area contributed by atoms with Crippen molar-refractivity contribution in [1.82, 2.24) is 4.98 Å². The van der Waals surface area contributed by atoms with Gasteiger partial charge in [-0.3, -0.25) is 0 Å². The third-order valence-electron chi connectivity index (χ3n) is 0.688. The van der Waals surface area contributed by atoms with E-state index in [4.69, 9.17) is 8.22 Å². The van der Waals surface area contributed by atoms with Gasteiger partial charge in [-0.1, -0.05) is 0 Å². The second-order valence-electron chi connectivity index (χ2n) is 1.26. The largest absolute Gasteiger partial charge is 0.388 e. The first-order valence-electron chi connectivity index (χ1n) is 5.14. The lowest BCUT2D eigenvalue weighted by atomic mass is 10.4. The van der Waals surface area contributed by atoms with E-state index in [9.17, 15) is 0 Å². The van der Waals surface area contributed by atoms with E-state index in [0.29, 0.717) is 0 Å². The summed E-state index contributed by atoms with van der Waals surface area (Å²) in [6, 6.07) is -0.647. The minimum Gasteiger partial charge on any atom is -0.388 e. The number of nitrogens with zero attached hydrogens (tertiary/aromatic N) is 1. The standard InChI is InChI=1S/C6H7BrN2/c1-8-5-2-3-9-6(7)4-5/h2-4H,1H3,(H,8,9)/i1D3,2D,3D,4D. The highest BCUT2D eigenvalue weighted by Gasteiger charge is 1.87. The van der Waals surface area contributed by atoms with E-state index in [1.807, 2.05) is 5.32 Å². The summed E-state index contributed by atoms with van der Waals surface area (Å²) in [5.41, 5.74) is -0.220. The molecule has 0 unspecified atom stereocenters. The second kappa shape index (κ2) is 2.82. The molecule has 0 amide bonds. The Hall–Kier alpha value is -0.570. The SMILES string of the molecule is [2H]c1nc(Br)c([2H])c(NC([2H])([2H])[2H])c1[2H]. The third-order valence-corrected chi connectivity index (χ3v) is 1.06. The van der Waals surface area contributed by atoms with Gasteiger partial charge in [0.15, 0.2) is 0 Å². The molecule has 1 aromatic heterocycles. The van der Waals surface area contributed by atoms with Crippen LogP contribution >= 0.6 is 15.9 Å². The quantitative estimate of drug-likeness (QED) is 0.689. The number of hydrogen-bond donors (Lipinski definition) is 1. The van der Waals surface area contributed by atoms with Crippen molar-refractivity contribution in [3.63, 3.8) is 0 Å². The van der Waals surface area contributed by atoms with Crippen LogP contribution in [0.2, 0.25) is 0 Å². The number of hydrogen-bond acceptors (Lipinski definition) is 2. The molecule has 1 aromatic rings. The minimum atomic E-state index is -2.50. The van der Waals surface area contributed by atoms with Gasteiger partial charge in [-0.25, -0.2) is 4.98 Å². The van der Waals surface area contributed by atoms with Crippen LogP contribution in [-0.4, -0.2) is 12.0 Å². The highest BCUT2D eigenvalue weighted by molar-refractivity contribution is 9.10. The van der Waals surface area contributed by atoms with Crippen molar-refractivity contribution in [2.75, 3.05) is 12.3 Å². The van der Waals surface area contributed by atoms with Gasteiger partial charge < -0.3 is 5.32 Å². The average Bonchev–Trinajstić information content (AvgIpc) is 2.08. The van der Waals surface area contributed by atoms with Crippen molar-refractivity contribution < 1.29 is 8.22 Å².